The van der Waals surface area contributed by atoms with Crippen LogP contribution in [0.2, 0.25) is 10.0 Å². The fourth-order valence-corrected chi connectivity index (χ4v) is 9.32. The standard InChI is InChI=1S/C40H36Cl2N6O8S/c1-20-32(18-26-25-17-23(9-11-31(25)46-36(26)50)57(55,56)19-28-29(41)6-5-7-30(28)42)45-21(2)35(20)38(52)44-15-4-3-14-43-22-8-10-24-27(16-22)40(54)48(39(24)53)33-12-13-34(49)47-37(33)51/h5-11,16-18,33,43,45H,3-4,12-15,19H2,1-2H3,(H,44,52)(H,46,50)(H,47,49,51)/b26-18-. The number of carbonyl (C=O) groups is 6. The fraction of sp³-hybridized carbons (Fsp3) is 0.250. The van der Waals surface area contributed by atoms with E-state index in [2.05, 4.69) is 26.3 Å². The van der Waals surface area contributed by atoms with E-state index in [1.807, 2.05) is 0 Å². The molecule has 5 N–H and O–H groups in total. The second kappa shape index (κ2) is 15.6. The maximum absolute atomic E-state index is 13.4. The molecule has 17 heteroatoms. The van der Waals surface area contributed by atoms with Gasteiger partial charge in [-0.3, -0.25) is 39.0 Å². The third kappa shape index (κ3) is 7.69. The van der Waals surface area contributed by atoms with Crippen molar-refractivity contribution < 1.29 is 37.2 Å². The molecular formula is C40H36Cl2N6O8S. The van der Waals surface area contributed by atoms with Crippen molar-refractivity contribution in [1.82, 2.24) is 20.5 Å². The first-order valence-corrected chi connectivity index (χ1v) is 20.5. The molecule has 0 saturated carbocycles. The Morgan fingerprint density at radius 2 is 1.61 bits per heavy atom. The molecule has 57 heavy (non-hydrogen) atoms. The molecule has 1 atom stereocenters. The maximum atomic E-state index is 13.4. The van der Waals surface area contributed by atoms with Crippen molar-refractivity contribution in [3.8, 4) is 0 Å². The number of piperidine rings is 1. The van der Waals surface area contributed by atoms with Crippen LogP contribution < -0.4 is 21.3 Å². The molecule has 3 aliphatic rings. The average Bonchev–Trinajstić information content (AvgIpc) is 3.73. The smallest absolute Gasteiger partial charge is 0.262 e. The number of sulfone groups is 1. The molecule has 3 aliphatic heterocycles. The highest BCUT2D eigenvalue weighted by atomic mass is 35.5. The normalized spacial score (nSPS) is 17.1. The number of hydrogen-bond acceptors (Lipinski definition) is 9. The predicted octanol–water partition coefficient (Wildman–Crippen LogP) is 5.43. The Kier molecular flexibility index (Phi) is 10.8. The number of fused-ring (bicyclic) bond motifs is 2. The second-order valence-corrected chi connectivity index (χ2v) is 16.7. The lowest BCUT2D eigenvalue weighted by atomic mass is 10.0. The topological polar surface area (TPSA) is 204 Å². The highest BCUT2D eigenvalue weighted by Gasteiger charge is 2.44. The van der Waals surface area contributed by atoms with E-state index in [-0.39, 0.29) is 56.0 Å². The number of unbranched alkanes of at least 4 members (excludes halogenated alkanes) is 1. The van der Waals surface area contributed by atoms with Gasteiger partial charge in [0, 0.05) is 63.4 Å². The summed E-state index contributed by atoms with van der Waals surface area (Å²) in [7, 11) is -3.90. The van der Waals surface area contributed by atoms with Gasteiger partial charge in [-0.15, -0.1) is 0 Å². The first-order valence-electron chi connectivity index (χ1n) is 18.0. The van der Waals surface area contributed by atoms with Gasteiger partial charge in [-0.25, -0.2) is 8.42 Å². The van der Waals surface area contributed by atoms with E-state index >= 15 is 0 Å². The molecule has 14 nitrogen and oxygen atoms in total. The number of nitrogens with one attached hydrogen (secondary N) is 5. The number of H-pyrrole nitrogens is 1. The predicted molar refractivity (Wildman–Crippen MR) is 214 cm³/mol. The van der Waals surface area contributed by atoms with Gasteiger partial charge < -0.3 is 20.9 Å². The summed E-state index contributed by atoms with van der Waals surface area (Å²) in [5, 5.41) is 11.6. The van der Waals surface area contributed by atoms with Gasteiger partial charge in [-0.2, -0.15) is 0 Å². The number of rotatable bonds is 12. The Labute approximate surface area is 337 Å². The molecule has 1 fully saturated rings. The summed E-state index contributed by atoms with van der Waals surface area (Å²) in [6, 6.07) is 12.9. The minimum absolute atomic E-state index is 0.00784. The van der Waals surface area contributed by atoms with Crippen molar-refractivity contribution in [2.75, 3.05) is 23.7 Å². The van der Waals surface area contributed by atoms with Gasteiger partial charge in [0.2, 0.25) is 11.8 Å². The van der Waals surface area contributed by atoms with Crippen LogP contribution in [0.15, 0.2) is 59.5 Å². The summed E-state index contributed by atoms with van der Waals surface area (Å²) in [5.74, 6) is -3.41. The number of aromatic amines is 1. The van der Waals surface area contributed by atoms with Crippen LogP contribution in [-0.2, 0) is 30.0 Å². The molecule has 0 spiro atoms. The van der Waals surface area contributed by atoms with Crippen molar-refractivity contribution in [3.05, 3.63) is 109 Å². The van der Waals surface area contributed by atoms with Gasteiger partial charge in [0.15, 0.2) is 9.84 Å². The zero-order valence-electron chi connectivity index (χ0n) is 30.7. The Balaban J connectivity index is 0.950. The third-order valence-corrected chi connectivity index (χ3v) is 12.5. The molecule has 1 saturated heterocycles. The number of imide groups is 2. The molecule has 0 aliphatic carbocycles. The van der Waals surface area contributed by atoms with Gasteiger partial charge in [0.05, 0.1) is 32.9 Å². The van der Waals surface area contributed by atoms with E-state index in [9.17, 15) is 37.2 Å². The number of hydrogen-bond donors (Lipinski definition) is 5. The quantitative estimate of drug-likeness (QED) is 0.0701. The number of nitrogens with zero attached hydrogens (tertiary/aromatic N) is 1. The van der Waals surface area contributed by atoms with E-state index in [0.717, 1.165) is 4.90 Å². The van der Waals surface area contributed by atoms with Crippen LogP contribution in [0, 0.1) is 13.8 Å². The van der Waals surface area contributed by atoms with Crippen molar-refractivity contribution in [2.45, 2.75) is 56.2 Å². The van der Waals surface area contributed by atoms with E-state index in [4.69, 9.17) is 23.2 Å². The van der Waals surface area contributed by atoms with Gasteiger partial charge >= 0.3 is 0 Å². The number of carbonyl (C=O) groups excluding carboxylic acids is 6. The molecule has 0 radical (unpaired) electrons. The van der Waals surface area contributed by atoms with Crippen molar-refractivity contribution in [2.24, 2.45) is 0 Å². The number of halogens is 2. The van der Waals surface area contributed by atoms with Gasteiger partial charge in [0.1, 0.15) is 6.04 Å². The van der Waals surface area contributed by atoms with Gasteiger partial charge in [-0.1, -0.05) is 29.3 Å². The Bertz CT molecular complexity index is 2550. The molecule has 6 amide bonds. The first kappa shape index (κ1) is 39.5. The van der Waals surface area contributed by atoms with Crippen LogP contribution in [0.5, 0.6) is 0 Å². The molecular weight excluding hydrogens is 795 g/mol. The molecule has 0 bridgehead atoms. The largest absolute Gasteiger partial charge is 0.385 e. The number of benzene rings is 3. The van der Waals surface area contributed by atoms with Crippen LogP contribution >= 0.6 is 23.2 Å². The van der Waals surface area contributed by atoms with Crippen LogP contribution in [0.1, 0.15) is 84.8 Å². The molecule has 1 unspecified atom stereocenters. The summed E-state index contributed by atoms with van der Waals surface area (Å²) in [5.41, 5.74) is 4.49. The molecule has 1 aromatic heterocycles. The van der Waals surface area contributed by atoms with Crippen molar-refractivity contribution in [3.63, 3.8) is 0 Å². The summed E-state index contributed by atoms with van der Waals surface area (Å²) in [4.78, 5) is 80.4. The maximum Gasteiger partial charge on any atom is 0.262 e. The van der Waals surface area contributed by atoms with Gasteiger partial charge in [-0.05, 0) is 93.3 Å². The third-order valence-electron chi connectivity index (χ3n) is 10.2. The number of aromatic nitrogens is 1. The van der Waals surface area contributed by atoms with Gasteiger partial charge in [0.25, 0.3) is 23.6 Å². The first-order chi connectivity index (χ1) is 27.1. The summed E-state index contributed by atoms with van der Waals surface area (Å²) in [6.45, 7) is 4.38. The van der Waals surface area contributed by atoms with Crippen LogP contribution in [0.25, 0.3) is 11.6 Å². The van der Waals surface area contributed by atoms with Crippen molar-refractivity contribution >= 4 is 91.5 Å². The Hall–Kier alpha value is -5.77. The van der Waals surface area contributed by atoms with E-state index in [1.54, 1.807) is 50.3 Å². The number of anilines is 2. The zero-order chi connectivity index (χ0) is 40.8. The molecule has 4 aromatic rings. The fourth-order valence-electron chi connectivity index (χ4n) is 7.20. The number of aryl methyl sites for hydroxylation is 1. The van der Waals surface area contributed by atoms with Crippen LogP contribution in [0.4, 0.5) is 11.4 Å². The van der Waals surface area contributed by atoms with E-state index in [1.165, 1.54) is 24.3 Å². The van der Waals surface area contributed by atoms with Crippen LogP contribution in [-0.4, -0.2) is 72.9 Å². The minimum atomic E-state index is -3.90. The van der Waals surface area contributed by atoms with E-state index < -0.39 is 51.2 Å². The second-order valence-electron chi connectivity index (χ2n) is 13.9. The highest BCUT2D eigenvalue weighted by Crippen LogP contribution is 2.37. The SMILES string of the molecule is Cc1[nH]c(/C=C2\C(=O)Nc3ccc(S(=O)(=O)Cc4c(Cl)cccc4Cl)cc32)c(C)c1C(=O)NCCCCNc1ccc2c(c1)C(=O)N(C1CCC(=O)NC1=O)C2=O. The summed E-state index contributed by atoms with van der Waals surface area (Å²) in [6.07, 6.45) is 3.00. The summed E-state index contributed by atoms with van der Waals surface area (Å²) >= 11 is 12.5. The summed E-state index contributed by atoms with van der Waals surface area (Å²) < 4.78 is 26.9. The lowest BCUT2D eigenvalue weighted by molar-refractivity contribution is -0.136. The Morgan fingerprint density at radius 3 is 2.35 bits per heavy atom. The average molecular weight is 832 g/mol. The molecule has 4 heterocycles. The monoisotopic (exact) mass is 830 g/mol. The highest BCUT2D eigenvalue weighted by molar-refractivity contribution is 7.90. The Morgan fingerprint density at radius 1 is 0.895 bits per heavy atom. The minimum Gasteiger partial charge on any atom is -0.385 e. The molecule has 294 valence electrons. The lowest BCUT2D eigenvalue weighted by Gasteiger charge is -2.27. The van der Waals surface area contributed by atoms with E-state index in [0.29, 0.717) is 65.4 Å². The molecule has 7 rings (SSSR count). The zero-order valence-corrected chi connectivity index (χ0v) is 33.0. The molecule has 3 aromatic carbocycles. The van der Waals surface area contributed by atoms with Crippen LogP contribution in [0.3, 0.4) is 0 Å². The lowest BCUT2D eigenvalue weighted by Crippen LogP contribution is -2.54. The van der Waals surface area contributed by atoms with Crippen molar-refractivity contribution in [1.29, 1.82) is 0 Å². The number of amides is 6.